The lowest BCUT2D eigenvalue weighted by atomic mass is 9.75. The van der Waals surface area contributed by atoms with Crippen LogP contribution in [-0.4, -0.2) is 18.4 Å². The lowest BCUT2D eigenvalue weighted by Crippen LogP contribution is -2.32. The highest BCUT2D eigenvalue weighted by atomic mass is 16.5. The summed E-state index contributed by atoms with van der Waals surface area (Å²) in [6, 6.07) is 3.99. The van der Waals surface area contributed by atoms with Crippen molar-refractivity contribution in [3.63, 3.8) is 0 Å². The maximum Gasteiger partial charge on any atom is 0.316 e. The zero-order valence-electron chi connectivity index (χ0n) is 11.9. The van der Waals surface area contributed by atoms with E-state index in [1.165, 1.54) is 5.56 Å². The molecule has 0 N–H and O–H groups in total. The SMILES string of the molecule is CCOC(=O)C1CC(C)c2cc(C)c(C)cc2C1=O. The maximum absolute atomic E-state index is 12.4. The van der Waals surface area contributed by atoms with Gasteiger partial charge in [0.2, 0.25) is 0 Å². The van der Waals surface area contributed by atoms with Crippen molar-refractivity contribution in [1.29, 1.82) is 0 Å². The summed E-state index contributed by atoms with van der Waals surface area (Å²) >= 11 is 0. The summed E-state index contributed by atoms with van der Waals surface area (Å²) in [5.41, 5.74) is 4.03. The Labute approximate surface area is 114 Å². The first kappa shape index (κ1) is 13.8. The number of esters is 1. The Morgan fingerprint density at radius 3 is 2.58 bits per heavy atom. The van der Waals surface area contributed by atoms with Crippen LogP contribution in [0.25, 0.3) is 0 Å². The molecule has 0 heterocycles. The Bertz CT molecular complexity index is 531. The van der Waals surface area contributed by atoms with Gasteiger partial charge in [-0.1, -0.05) is 13.0 Å². The van der Waals surface area contributed by atoms with E-state index >= 15 is 0 Å². The van der Waals surface area contributed by atoms with E-state index in [9.17, 15) is 9.59 Å². The first-order valence-corrected chi connectivity index (χ1v) is 6.77. The minimum absolute atomic E-state index is 0.0883. The summed E-state index contributed by atoms with van der Waals surface area (Å²) < 4.78 is 5.01. The molecular weight excluding hydrogens is 240 g/mol. The molecule has 19 heavy (non-hydrogen) atoms. The van der Waals surface area contributed by atoms with Crippen LogP contribution in [-0.2, 0) is 9.53 Å². The van der Waals surface area contributed by atoms with Crippen LogP contribution in [0.2, 0.25) is 0 Å². The molecular formula is C16H20O3. The Hall–Kier alpha value is -1.64. The van der Waals surface area contributed by atoms with Gasteiger partial charge in [-0.3, -0.25) is 9.59 Å². The van der Waals surface area contributed by atoms with Gasteiger partial charge in [0.25, 0.3) is 0 Å². The van der Waals surface area contributed by atoms with E-state index in [1.54, 1.807) is 6.92 Å². The summed E-state index contributed by atoms with van der Waals surface area (Å²) in [5.74, 6) is -0.899. The van der Waals surface area contributed by atoms with E-state index < -0.39 is 5.92 Å². The molecule has 0 bridgehead atoms. The summed E-state index contributed by atoms with van der Waals surface area (Å²) in [7, 11) is 0. The van der Waals surface area contributed by atoms with E-state index in [1.807, 2.05) is 19.9 Å². The smallest absolute Gasteiger partial charge is 0.316 e. The van der Waals surface area contributed by atoms with E-state index in [4.69, 9.17) is 4.74 Å². The number of benzene rings is 1. The van der Waals surface area contributed by atoms with Gasteiger partial charge in [-0.25, -0.2) is 0 Å². The van der Waals surface area contributed by atoms with Crippen LogP contribution < -0.4 is 0 Å². The minimum Gasteiger partial charge on any atom is -0.465 e. The Balaban J connectivity index is 2.42. The van der Waals surface area contributed by atoms with Crippen LogP contribution in [0, 0.1) is 19.8 Å². The fourth-order valence-electron chi connectivity index (χ4n) is 2.68. The Morgan fingerprint density at radius 1 is 1.32 bits per heavy atom. The molecule has 3 heteroatoms. The number of ether oxygens (including phenoxy) is 1. The number of carbonyl (C=O) groups excluding carboxylic acids is 2. The molecule has 0 saturated carbocycles. The molecule has 0 spiro atoms. The van der Waals surface area contributed by atoms with Crippen molar-refractivity contribution < 1.29 is 14.3 Å². The fourth-order valence-corrected chi connectivity index (χ4v) is 2.68. The molecule has 0 aliphatic heterocycles. The number of Topliss-reactive ketones (excluding diaryl/α,β-unsaturated/α-hetero) is 1. The number of aryl methyl sites for hydroxylation is 2. The quantitative estimate of drug-likeness (QED) is 0.606. The van der Waals surface area contributed by atoms with Gasteiger partial charge < -0.3 is 4.74 Å². The van der Waals surface area contributed by atoms with Crippen LogP contribution in [0.5, 0.6) is 0 Å². The minimum atomic E-state index is -0.635. The number of hydrogen-bond donors (Lipinski definition) is 0. The highest BCUT2D eigenvalue weighted by Gasteiger charge is 2.37. The molecule has 1 aliphatic rings. The largest absolute Gasteiger partial charge is 0.465 e. The number of fused-ring (bicyclic) bond motifs is 1. The number of carbonyl (C=O) groups is 2. The van der Waals surface area contributed by atoms with E-state index in [2.05, 4.69) is 13.0 Å². The van der Waals surface area contributed by atoms with Crippen molar-refractivity contribution in [1.82, 2.24) is 0 Å². The first-order valence-electron chi connectivity index (χ1n) is 6.77. The monoisotopic (exact) mass is 260 g/mol. The average Bonchev–Trinajstić information content (AvgIpc) is 2.36. The second-order valence-electron chi connectivity index (χ2n) is 5.33. The Kier molecular flexibility index (Phi) is 3.74. The fraction of sp³-hybridized carbons (Fsp3) is 0.500. The third-order valence-electron chi connectivity index (χ3n) is 3.94. The van der Waals surface area contributed by atoms with Crippen molar-refractivity contribution in [3.8, 4) is 0 Å². The van der Waals surface area contributed by atoms with Gasteiger partial charge in [-0.2, -0.15) is 0 Å². The molecule has 1 aliphatic carbocycles. The van der Waals surface area contributed by atoms with E-state index in [0.717, 1.165) is 11.1 Å². The lowest BCUT2D eigenvalue weighted by Gasteiger charge is -2.28. The third kappa shape index (κ3) is 2.42. The van der Waals surface area contributed by atoms with Gasteiger partial charge in [0, 0.05) is 5.56 Å². The summed E-state index contributed by atoms with van der Waals surface area (Å²) in [6.45, 7) is 8.17. The van der Waals surface area contributed by atoms with Crippen molar-refractivity contribution in [2.75, 3.05) is 6.61 Å². The number of rotatable bonds is 2. The van der Waals surface area contributed by atoms with Crippen molar-refractivity contribution in [2.24, 2.45) is 5.92 Å². The maximum atomic E-state index is 12.4. The molecule has 2 atom stereocenters. The topological polar surface area (TPSA) is 43.4 Å². The number of ketones is 1. The van der Waals surface area contributed by atoms with Crippen LogP contribution in [0.1, 0.15) is 53.2 Å². The van der Waals surface area contributed by atoms with Crippen LogP contribution in [0.4, 0.5) is 0 Å². The normalized spacial score (nSPS) is 22.0. The van der Waals surface area contributed by atoms with Gasteiger partial charge in [-0.05, 0) is 55.9 Å². The van der Waals surface area contributed by atoms with E-state index in [-0.39, 0.29) is 17.7 Å². The molecule has 2 unspecified atom stereocenters. The summed E-state index contributed by atoms with van der Waals surface area (Å²) in [5, 5.41) is 0. The molecule has 0 aromatic heterocycles. The standard InChI is InChI=1S/C16H20O3/c1-5-19-16(18)14-8-11(4)12-6-9(2)10(3)7-13(12)15(14)17/h6-7,11,14H,5,8H2,1-4H3. The molecule has 3 nitrogen and oxygen atoms in total. The molecule has 102 valence electrons. The molecule has 1 aromatic carbocycles. The molecule has 2 rings (SSSR count). The highest BCUT2D eigenvalue weighted by molar-refractivity contribution is 6.10. The molecule has 1 aromatic rings. The summed E-state index contributed by atoms with van der Waals surface area (Å²) in [4.78, 5) is 24.3. The Morgan fingerprint density at radius 2 is 1.95 bits per heavy atom. The second kappa shape index (κ2) is 5.16. The van der Waals surface area contributed by atoms with E-state index in [0.29, 0.717) is 18.6 Å². The van der Waals surface area contributed by atoms with Gasteiger partial charge in [0.1, 0.15) is 5.92 Å². The molecule has 0 radical (unpaired) electrons. The highest BCUT2D eigenvalue weighted by Crippen LogP contribution is 2.36. The second-order valence-corrected chi connectivity index (χ2v) is 5.33. The predicted molar refractivity (Wildman–Crippen MR) is 73.4 cm³/mol. The molecule has 0 saturated heterocycles. The van der Waals surface area contributed by atoms with Gasteiger partial charge in [0.05, 0.1) is 6.61 Å². The predicted octanol–water partition coefficient (Wildman–Crippen LogP) is 3.17. The van der Waals surface area contributed by atoms with Crippen molar-refractivity contribution in [2.45, 2.75) is 40.0 Å². The zero-order valence-corrected chi connectivity index (χ0v) is 11.9. The van der Waals surface area contributed by atoms with Crippen LogP contribution in [0.3, 0.4) is 0 Å². The first-order chi connectivity index (χ1) is 8.95. The lowest BCUT2D eigenvalue weighted by molar-refractivity contribution is -0.146. The molecule has 0 fully saturated rings. The average molecular weight is 260 g/mol. The van der Waals surface area contributed by atoms with Gasteiger partial charge in [-0.15, -0.1) is 0 Å². The zero-order chi connectivity index (χ0) is 14.2. The summed E-state index contributed by atoms with van der Waals surface area (Å²) in [6.07, 6.45) is 0.549. The van der Waals surface area contributed by atoms with Crippen LogP contribution in [0.15, 0.2) is 12.1 Å². The van der Waals surface area contributed by atoms with Gasteiger partial charge >= 0.3 is 5.97 Å². The van der Waals surface area contributed by atoms with Crippen molar-refractivity contribution in [3.05, 3.63) is 34.4 Å². The van der Waals surface area contributed by atoms with Gasteiger partial charge in [0.15, 0.2) is 5.78 Å². The van der Waals surface area contributed by atoms with Crippen molar-refractivity contribution >= 4 is 11.8 Å². The molecule has 0 amide bonds. The number of hydrogen-bond acceptors (Lipinski definition) is 3. The van der Waals surface area contributed by atoms with Crippen LogP contribution >= 0.6 is 0 Å². The third-order valence-corrected chi connectivity index (χ3v) is 3.94.